The molecule has 1 aromatic carbocycles. The average molecular weight is 342 g/mol. The number of aryl methyl sites for hydroxylation is 1. The van der Waals surface area contributed by atoms with Gasteiger partial charge in [0, 0.05) is 9.35 Å². The number of thiophene rings is 1. The normalized spacial score (nSPS) is 12.6. The SMILES string of the molecule is CCCNC(c1cc(F)cc(Br)c1)c1ccsc1C. The Labute approximate surface area is 126 Å². The number of benzene rings is 1. The molecule has 1 aromatic heterocycles. The highest BCUT2D eigenvalue weighted by Gasteiger charge is 2.17. The van der Waals surface area contributed by atoms with Crippen molar-refractivity contribution in [1.82, 2.24) is 5.32 Å². The summed E-state index contributed by atoms with van der Waals surface area (Å²) in [5, 5.41) is 5.59. The van der Waals surface area contributed by atoms with Gasteiger partial charge in [0.2, 0.25) is 0 Å². The van der Waals surface area contributed by atoms with Crippen molar-refractivity contribution in [3.05, 3.63) is 55.9 Å². The van der Waals surface area contributed by atoms with Crippen molar-refractivity contribution in [2.75, 3.05) is 6.54 Å². The Morgan fingerprint density at radius 3 is 2.74 bits per heavy atom. The van der Waals surface area contributed by atoms with Crippen LogP contribution in [0, 0.1) is 12.7 Å². The molecule has 2 aromatic rings. The van der Waals surface area contributed by atoms with Crippen LogP contribution in [0.4, 0.5) is 4.39 Å². The summed E-state index contributed by atoms with van der Waals surface area (Å²) in [6.45, 7) is 5.15. The van der Waals surface area contributed by atoms with Crippen LogP contribution in [0.3, 0.4) is 0 Å². The Morgan fingerprint density at radius 1 is 1.37 bits per heavy atom. The Balaban J connectivity index is 2.39. The summed E-state index contributed by atoms with van der Waals surface area (Å²) in [5.41, 5.74) is 2.19. The van der Waals surface area contributed by atoms with E-state index in [1.807, 2.05) is 6.07 Å². The lowest BCUT2D eigenvalue weighted by Crippen LogP contribution is -2.23. The third-order valence-electron chi connectivity index (χ3n) is 3.03. The first-order valence-corrected chi connectivity index (χ1v) is 8.02. The topological polar surface area (TPSA) is 12.0 Å². The van der Waals surface area contributed by atoms with Gasteiger partial charge in [0.15, 0.2) is 0 Å². The summed E-state index contributed by atoms with van der Waals surface area (Å²) in [6.07, 6.45) is 1.05. The smallest absolute Gasteiger partial charge is 0.124 e. The van der Waals surface area contributed by atoms with Gasteiger partial charge >= 0.3 is 0 Å². The molecule has 1 atom stereocenters. The molecule has 1 unspecified atom stereocenters. The Hall–Kier alpha value is -0.710. The van der Waals surface area contributed by atoms with Crippen LogP contribution in [0.25, 0.3) is 0 Å². The van der Waals surface area contributed by atoms with Gasteiger partial charge in [-0.2, -0.15) is 0 Å². The first-order valence-electron chi connectivity index (χ1n) is 6.35. The van der Waals surface area contributed by atoms with Gasteiger partial charge in [-0.25, -0.2) is 4.39 Å². The highest BCUT2D eigenvalue weighted by atomic mass is 79.9. The van der Waals surface area contributed by atoms with E-state index in [9.17, 15) is 4.39 Å². The van der Waals surface area contributed by atoms with Crippen molar-refractivity contribution >= 4 is 27.3 Å². The van der Waals surface area contributed by atoms with Crippen molar-refractivity contribution in [2.24, 2.45) is 0 Å². The quantitative estimate of drug-likeness (QED) is 0.802. The molecule has 1 N–H and O–H groups in total. The first kappa shape index (κ1) is 14.7. The summed E-state index contributed by atoms with van der Waals surface area (Å²) >= 11 is 5.09. The summed E-state index contributed by atoms with van der Waals surface area (Å²) in [5.74, 6) is -0.208. The van der Waals surface area contributed by atoms with E-state index >= 15 is 0 Å². The Kier molecular flexibility index (Phi) is 5.13. The molecule has 0 spiro atoms. The van der Waals surface area contributed by atoms with E-state index in [0.29, 0.717) is 0 Å². The zero-order chi connectivity index (χ0) is 13.8. The standard InChI is InChI=1S/C15H17BrFNS/c1-3-5-18-15(14-4-6-19-10(14)2)11-7-12(16)9-13(17)8-11/h4,6-9,15,18H,3,5H2,1-2H3. The van der Waals surface area contributed by atoms with Gasteiger partial charge in [-0.05, 0) is 60.7 Å². The molecule has 4 heteroatoms. The third kappa shape index (κ3) is 3.65. The second kappa shape index (κ2) is 6.64. The van der Waals surface area contributed by atoms with Crippen LogP contribution in [-0.4, -0.2) is 6.54 Å². The highest BCUT2D eigenvalue weighted by Crippen LogP contribution is 2.30. The van der Waals surface area contributed by atoms with E-state index in [2.05, 4.69) is 46.5 Å². The molecular formula is C15H17BrFNS. The molecule has 0 aliphatic rings. The number of rotatable bonds is 5. The molecule has 2 rings (SSSR count). The summed E-state index contributed by atoms with van der Waals surface area (Å²) in [7, 11) is 0. The van der Waals surface area contributed by atoms with Gasteiger partial charge in [0.25, 0.3) is 0 Å². The van der Waals surface area contributed by atoms with E-state index < -0.39 is 0 Å². The maximum atomic E-state index is 13.6. The van der Waals surface area contributed by atoms with E-state index in [1.54, 1.807) is 17.4 Å². The molecule has 0 aliphatic carbocycles. The molecule has 0 aliphatic heterocycles. The Morgan fingerprint density at radius 2 is 2.16 bits per heavy atom. The molecule has 1 nitrogen and oxygen atoms in total. The molecule has 0 saturated carbocycles. The number of halogens is 2. The molecule has 0 bridgehead atoms. The fraction of sp³-hybridized carbons (Fsp3) is 0.333. The summed E-state index contributed by atoms with van der Waals surface area (Å²) in [6, 6.07) is 7.24. The third-order valence-corrected chi connectivity index (χ3v) is 4.35. The van der Waals surface area contributed by atoms with Crippen molar-refractivity contribution in [2.45, 2.75) is 26.3 Å². The highest BCUT2D eigenvalue weighted by molar-refractivity contribution is 9.10. The van der Waals surface area contributed by atoms with Crippen LogP contribution in [0.2, 0.25) is 0 Å². The molecule has 0 saturated heterocycles. The molecule has 1 heterocycles. The van der Waals surface area contributed by atoms with Gasteiger partial charge in [0.05, 0.1) is 6.04 Å². The summed E-state index contributed by atoms with van der Waals surface area (Å²) < 4.78 is 14.4. The van der Waals surface area contributed by atoms with E-state index in [1.165, 1.54) is 16.5 Å². The van der Waals surface area contributed by atoms with Crippen molar-refractivity contribution in [1.29, 1.82) is 0 Å². The summed E-state index contributed by atoms with van der Waals surface area (Å²) in [4.78, 5) is 1.27. The van der Waals surface area contributed by atoms with E-state index in [0.717, 1.165) is 23.0 Å². The second-order valence-corrected chi connectivity index (χ2v) is 6.56. The monoisotopic (exact) mass is 341 g/mol. The van der Waals surface area contributed by atoms with Crippen molar-refractivity contribution < 1.29 is 4.39 Å². The largest absolute Gasteiger partial charge is 0.306 e. The van der Waals surface area contributed by atoms with E-state index in [4.69, 9.17) is 0 Å². The minimum absolute atomic E-state index is 0.0539. The molecule has 0 radical (unpaired) electrons. The fourth-order valence-electron chi connectivity index (χ4n) is 2.13. The van der Waals surface area contributed by atoms with Crippen molar-refractivity contribution in [3.8, 4) is 0 Å². The van der Waals surface area contributed by atoms with Crippen molar-refractivity contribution in [3.63, 3.8) is 0 Å². The zero-order valence-electron chi connectivity index (χ0n) is 11.0. The van der Waals surface area contributed by atoms with Gasteiger partial charge in [-0.1, -0.05) is 22.9 Å². The zero-order valence-corrected chi connectivity index (χ0v) is 13.4. The second-order valence-electron chi connectivity index (χ2n) is 4.52. The average Bonchev–Trinajstić information content (AvgIpc) is 2.75. The molecule has 19 heavy (non-hydrogen) atoms. The lowest BCUT2D eigenvalue weighted by Gasteiger charge is -2.20. The Bertz CT molecular complexity index is 533. The maximum absolute atomic E-state index is 13.6. The van der Waals surface area contributed by atoms with Crippen LogP contribution in [0.15, 0.2) is 34.1 Å². The van der Waals surface area contributed by atoms with Gasteiger partial charge in [-0.15, -0.1) is 11.3 Å². The van der Waals surface area contributed by atoms with Crippen LogP contribution < -0.4 is 5.32 Å². The number of hydrogen-bond acceptors (Lipinski definition) is 2. The minimum atomic E-state index is -0.208. The predicted molar refractivity (Wildman–Crippen MR) is 83.3 cm³/mol. The molecule has 102 valence electrons. The molecular weight excluding hydrogens is 325 g/mol. The minimum Gasteiger partial charge on any atom is -0.306 e. The van der Waals surface area contributed by atoms with Gasteiger partial charge in [0.1, 0.15) is 5.82 Å². The van der Waals surface area contributed by atoms with Gasteiger partial charge < -0.3 is 5.32 Å². The molecule has 0 fully saturated rings. The van der Waals surface area contributed by atoms with Crippen LogP contribution in [0.1, 0.15) is 35.4 Å². The maximum Gasteiger partial charge on any atom is 0.124 e. The van der Waals surface area contributed by atoms with Crippen LogP contribution in [-0.2, 0) is 0 Å². The van der Waals surface area contributed by atoms with Crippen LogP contribution >= 0.6 is 27.3 Å². The lowest BCUT2D eigenvalue weighted by molar-refractivity contribution is 0.584. The fourth-order valence-corrected chi connectivity index (χ4v) is 3.36. The molecule has 0 amide bonds. The van der Waals surface area contributed by atoms with Gasteiger partial charge in [-0.3, -0.25) is 0 Å². The lowest BCUT2D eigenvalue weighted by atomic mass is 9.99. The van der Waals surface area contributed by atoms with Crippen LogP contribution in [0.5, 0.6) is 0 Å². The number of nitrogens with one attached hydrogen (secondary N) is 1. The predicted octanol–water partition coefficient (Wildman–Crippen LogP) is 5.05. The first-order chi connectivity index (χ1) is 9.11. The van der Waals surface area contributed by atoms with E-state index in [-0.39, 0.29) is 11.9 Å². The number of hydrogen-bond donors (Lipinski definition) is 1.